The van der Waals surface area contributed by atoms with Crippen molar-refractivity contribution in [3.63, 3.8) is 0 Å². The molecule has 3 aromatic carbocycles. The van der Waals surface area contributed by atoms with Crippen LogP contribution < -0.4 is 10.0 Å². The molecule has 0 atom stereocenters. The summed E-state index contributed by atoms with van der Waals surface area (Å²) in [5, 5.41) is 10.4. The summed E-state index contributed by atoms with van der Waals surface area (Å²) in [7, 11) is -3.68. The summed E-state index contributed by atoms with van der Waals surface area (Å²) in [5.74, 6) is -0.351. The number of carbonyl (C=O) groups excluding carboxylic acids is 1. The van der Waals surface area contributed by atoms with E-state index < -0.39 is 10.0 Å². The number of hydrogen-bond acceptors (Lipinski definition) is 4. The number of aromatic amines is 1. The van der Waals surface area contributed by atoms with Crippen LogP contribution in [0.25, 0.3) is 10.9 Å². The van der Waals surface area contributed by atoms with Gasteiger partial charge in [-0.2, -0.15) is 5.10 Å². The van der Waals surface area contributed by atoms with Crippen LogP contribution >= 0.6 is 0 Å². The Morgan fingerprint density at radius 3 is 2.28 bits per heavy atom. The van der Waals surface area contributed by atoms with Crippen LogP contribution in [0.3, 0.4) is 0 Å². The monoisotopic (exact) mass is 406 g/mol. The van der Waals surface area contributed by atoms with Crippen molar-refractivity contribution in [2.24, 2.45) is 0 Å². The number of carbonyl (C=O) groups is 1. The van der Waals surface area contributed by atoms with Crippen LogP contribution in [-0.4, -0.2) is 24.5 Å². The molecule has 0 spiro atoms. The number of aromatic nitrogens is 2. The number of H-pyrrole nitrogens is 1. The van der Waals surface area contributed by atoms with Crippen molar-refractivity contribution in [3.8, 4) is 0 Å². The lowest BCUT2D eigenvalue weighted by atomic mass is 10.2. The summed E-state index contributed by atoms with van der Waals surface area (Å²) in [4.78, 5) is 12.7. The van der Waals surface area contributed by atoms with E-state index in [0.717, 1.165) is 16.5 Å². The predicted octanol–water partition coefficient (Wildman–Crippen LogP) is 3.92. The first-order valence-electron chi connectivity index (χ1n) is 8.86. The molecular formula is C21H18N4O3S. The van der Waals surface area contributed by atoms with Gasteiger partial charge in [-0.3, -0.25) is 14.6 Å². The van der Waals surface area contributed by atoms with Gasteiger partial charge in [0.2, 0.25) is 0 Å². The van der Waals surface area contributed by atoms with Crippen LogP contribution in [-0.2, 0) is 10.0 Å². The average Bonchev–Trinajstić information content (AvgIpc) is 3.14. The zero-order chi connectivity index (χ0) is 20.4. The maximum atomic E-state index is 12.5. The molecule has 0 saturated heterocycles. The summed E-state index contributed by atoms with van der Waals surface area (Å²) in [5.41, 5.74) is 2.98. The standard InChI is InChI=1S/C21H18N4O3S/c1-14-6-12-17(13-7-14)29(27,28)25-16-10-8-15(9-11-16)22-21(26)20-18-4-2-3-5-19(18)23-24-20/h2-13,25H,1H3,(H,22,26)(H,23,24). The van der Waals surface area contributed by atoms with Crippen molar-refractivity contribution in [2.45, 2.75) is 11.8 Å². The summed E-state index contributed by atoms with van der Waals surface area (Å²) in [6.07, 6.45) is 0. The average molecular weight is 406 g/mol. The van der Waals surface area contributed by atoms with Crippen molar-refractivity contribution in [1.29, 1.82) is 0 Å². The number of sulfonamides is 1. The zero-order valence-corrected chi connectivity index (χ0v) is 16.3. The fourth-order valence-electron chi connectivity index (χ4n) is 2.88. The van der Waals surface area contributed by atoms with E-state index in [1.165, 1.54) is 0 Å². The Morgan fingerprint density at radius 1 is 0.897 bits per heavy atom. The number of nitrogens with zero attached hydrogens (tertiary/aromatic N) is 1. The van der Waals surface area contributed by atoms with Crippen molar-refractivity contribution in [2.75, 3.05) is 10.0 Å². The first kappa shape index (κ1) is 18.7. The highest BCUT2D eigenvalue weighted by Crippen LogP contribution is 2.20. The molecule has 3 N–H and O–H groups in total. The smallest absolute Gasteiger partial charge is 0.276 e. The third-order valence-electron chi connectivity index (χ3n) is 4.41. The van der Waals surface area contributed by atoms with E-state index in [2.05, 4.69) is 20.2 Å². The van der Waals surface area contributed by atoms with Gasteiger partial charge in [-0.1, -0.05) is 35.9 Å². The van der Waals surface area contributed by atoms with Gasteiger partial charge < -0.3 is 5.32 Å². The highest BCUT2D eigenvalue weighted by atomic mass is 32.2. The Morgan fingerprint density at radius 2 is 1.55 bits per heavy atom. The highest BCUT2D eigenvalue weighted by Gasteiger charge is 2.15. The molecule has 7 nitrogen and oxygen atoms in total. The van der Waals surface area contributed by atoms with Crippen LogP contribution in [0.2, 0.25) is 0 Å². The molecule has 1 heterocycles. The molecular weight excluding hydrogens is 388 g/mol. The molecule has 0 saturated carbocycles. The van der Waals surface area contributed by atoms with Gasteiger partial charge in [0.05, 0.1) is 10.4 Å². The minimum Gasteiger partial charge on any atom is -0.321 e. The highest BCUT2D eigenvalue weighted by molar-refractivity contribution is 7.92. The Kier molecular flexibility index (Phi) is 4.77. The lowest BCUT2D eigenvalue weighted by Gasteiger charge is -2.09. The van der Waals surface area contributed by atoms with Gasteiger partial charge in [0.25, 0.3) is 15.9 Å². The molecule has 29 heavy (non-hydrogen) atoms. The van der Waals surface area contributed by atoms with E-state index >= 15 is 0 Å². The second-order valence-electron chi connectivity index (χ2n) is 6.57. The number of nitrogens with one attached hydrogen (secondary N) is 3. The quantitative estimate of drug-likeness (QED) is 0.467. The molecule has 0 aliphatic carbocycles. The van der Waals surface area contributed by atoms with Crippen molar-refractivity contribution >= 4 is 38.2 Å². The molecule has 1 aromatic heterocycles. The van der Waals surface area contributed by atoms with Gasteiger partial charge in [-0.25, -0.2) is 8.42 Å². The van der Waals surface area contributed by atoms with Crippen LogP contribution in [0.15, 0.2) is 77.7 Å². The van der Waals surface area contributed by atoms with Gasteiger partial charge in [0.15, 0.2) is 5.69 Å². The predicted molar refractivity (Wildman–Crippen MR) is 112 cm³/mol. The normalized spacial score (nSPS) is 11.3. The fourth-order valence-corrected chi connectivity index (χ4v) is 3.94. The fraction of sp³-hybridized carbons (Fsp3) is 0.0476. The van der Waals surface area contributed by atoms with E-state index in [1.54, 1.807) is 48.5 Å². The lowest BCUT2D eigenvalue weighted by Crippen LogP contribution is -2.14. The second kappa shape index (κ2) is 7.40. The molecule has 0 bridgehead atoms. The zero-order valence-electron chi connectivity index (χ0n) is 15.5. The van der Waals surface area contributed by atoms with E-state index in [0.29, 0.717) is 17.1 Å². The number of para-hydroxylation sites is 1. The molecule has 0 unspecified atom stereocenters. The van der Waals surface area contributed by atoms with Crippen LogP contribution in [0.5, 0.6) is 0 Å². The van der Waals surface area contributed by atoms with Crippen LogP contribution in [0.4, 0.5) is 11.4 Å². The Bertz CT molecular complexity index is 1280. The van der Waals surface area contributed by atoms with Gasteiger partial charge in [-0.05, 0) is 49.4 Å². The van der Waals surface area contributed by atoms with E-state index in [1.807, 2.05) is 31.2 Å². The largest absolute Gasteiger partial charge is 0.321 e. The minimum atomic E-state index is -3.68. The Labute approximate surface area is 167 Å². The summed E-state index contributed by atoms with van der Waals surface area (Å²) >= 11 is 0. The summed E-state index contributed by atoms with van der Waals surface area (Å²) < 4.78 is 27.5. The number of hydrogen-bond donors (Lipinski definition) is 3. The SMILES string of the molecule is Cc1ccc(S(=O)(=O)Nc2ccc(NC(=O)c3n[nH]c4ccccc34)cc2)cc1. The molecule has 1 amide bonds. The van der Waals surface area contributed by atoms with Crippen LogP contribution in [0.1, 0.15) is 16.1 Å². The molecule has 0 aliphatic heterocycles. The van der Waals surface area contributed by atoms with E-state index in [4.69, 9.17) is 0 Å². The second-order valence-corrected chi connectivity index (χ2v) is 8.25. The summed E-state index contributed by atoms with van der Waals surface area (Å²) in [6, 6.07) is 20.4. The molecule has 0 radical (unpaired) electrons. The molecule has 146 valence electrons. The third kappa shape index (κ3) is 3.97. The van der Waals surface area contributed by atoms with Crippen molar-refractivity contribution in [3.05, 3.63) is 84.1 Å². The maximum absolute atomic E-state index is 12.5. The number of anilines is 2. The van der Waals surface area contributed by atoms with Gasteiger partial charge in [-0.15, -0.1) is 0 Å². The number of benzene rings is 3. The summed E-state index contributed by atoms with van der Waals surface area (Å²) in [6.45, 7) is 1.89. The molecule has 8 heteroatoms. The number of aryl methyl sites for hydroxylation is 1. The van der Waals surface area contributed by atoms with Gasteiger partial charge in [0.1, 0.15) is 0 Å². The number of rotatable bonds is 5. The maximum Gasteiger partial charge on any atom is 0.276 e. The lowest BCUT2D eigenvalue weighted by molar-refractivity contribution is 0.102. The first-order chi connectivity index (χ1) is 13.9. The third-order valence-corrected chi connectivity index (χ3v) is 5.81. The molecule has 4 rings (SSSR count). The molecule has 4 aromatic rings. The van der Waals surface area contributed by atoms with Gasteiger partial charge in [0, 0.05) is 16.8 Å². The van der Waals surface area contributed by atoms with Gasteiger partial charge >= 0.3 is 0 Å². The van der Waals surface area contributed by atoms with Crippen molar-refractivity contribution < 1.29 is 13.2 Å². The van der Waals surface area contributed by atoms with Crippen molar-refractivity contribution in [1.82, 2.24) is 10.2 Å². The topological polar surface area (TPSA) is 104 Å². The first-order valence-corrected chi connectivity index (χ1v) is 10.3. The van der Waals surface area contributed by atoms with E-state index in [9.17, 15) is 13.2 Å². The minimum absolute atomic E-state index is 0.186. The van der Waals surface area contributed by atoms with Crippen LogP contribution in [0, 0.1) is 6.92 Å². The Hall–Kier alpha value is -3.65. The number of fused-ring (bicyclic) bond motifs is 1. The molecule has 0 aliphatic rings. The van der Waals surface area contributed by atoms with E-state index in [-0.39, 0.29) is 10.8 Å². The Balaban J connectivity index is 1.48. The molecule has 0 fully saturated rings. The number of amides is 1.